The summed E-state index contributed by atoms with van der Waals surface area (Å²) >= 11 is 0. The van der Waals surface area contributed by atoms with E-state index < -0.39 is 6.04 Å². The highest BCUT2D eigenvalue weighted by Gasteiger charge is 2.43. The number of hydrogen-bond donors (Lipinski definition) is 0. The van der Waals surface area contributed by atoms with Crippen molar-refractivity contribution in [3.63, 3.8) is 0 Å². The zero-order valence-electron chi connectivity index (χ0n) is 19.2. The van der Waals surface area contributed by atoms with E-state index in [-0.39, 0.29) is 23.6 Å². The Morgan fingerprint density at radius 1 is 1.09 bits per heavy atom. The highest BCUT2D eigenvalue weighted by atomic mass is 16.5. The van der Waals surface area contributed by atoms with E-state index in [2.05, 4.69) is 4.98 Å². The van der Waals surface area contributed by atoms with E-state index in [0.717, 1.165) is 16.7 Å². The molecule has 1 aliphatic rings. The second-order valence-corrected chi connectivity index (χ2v) is 8.21. The molecule has 1 atom stereocenters. The minimum absolute atomic E-state index is 0.0723. The van der Waals surface area contributed by atoms with E-state index >= 15 is 0 Å². The molecule has 0 unspecified atom stereocenters. The number of nitrogens with zero attached hydrogens (tertiary/aromatic N) is 2. The zero-order valence-corrected chi connectivity index (χ0v) is 19.2. The number of carbonyl (C=O) groups is 1. The number of ether oxygens (including phenoxy) is 2. The average Bonchev–Trinajstić information content (AvgIpc) is 3.12. The van der Waals surface area contributed by atoms with Gasteiger partial charge in [0, 0.05) is 18.9 Å². The topological polar surface area (TPSA) is 81.9 Å². The Labute approximate surface area is 196 Å². The zero-order chi connectivity index (χ0) is 23.8. The summed E-state index contributed by atoms with van der Waals surface area (Å²) in [6.07, 6.45) is 3.39. The lowest BCUT2D eigenvalue weighted by Gasteiger charge is -2.25. The number of aromatic nitrogens is 1. The van der Waals surface area contributed by atoms with Crippen molar-refractivity contribution in [2.45, 2.75) is 26.4 Å². The van der Waals surface area contributed by atoms with E-state index in [4.69, 9.17) is 13.9 Å². The summed E-state index contributed by atoms with van der Waals surface area (Å²) < 4.78 is 17.2. The smallest absolute Gasteiger partial charge is 0.291 e. The van der Waals surface area contributed by atoms with Crippen LogP contribution in [0, 0.1) is 6.92 Å². The maximum atomic E-state index is 13.7. The van der Waals surface area contributed by atoms with Gasteiger partial charge in [-0.15, -0.1) is 0 Å². The van der Waals surface area contributed by atoms with E-state index in [9.17, 15) is 9.59 Å². The third kappa shape index (κ3) is 3.59. The predicted octanol–water partition coefficient (Wildman–Crippen LogP) is 4.65. The van der Waals surface area contributed by atoms with Crippen LogP contribution in [-0.2, 0) is 6.54 Å². The minimum Gasteiger partial charge on any atom is -0.493 e. The Kier molecular flexibility index (Phi) is 5.53. The van der Waals surface area contributed by atoms with E-state index in [1.807, 2.05) is 44.2 Å². The fourth-order valence-electron chi connectivity index (χ4n) is 4.46. The number of hydrogen-bond acceptors (Lipinski definition) is 6. The molecule has 172 valence electrons. The Balaban J connectivity index is 1.72. The van der Waals surface area contributed by atoms with Gasteiger partial charge in [0.15, 0.2) is 16.9 Å². The molecular formula is C27H24N2O5. The van der Waals surface area contributed by atoms with E-state index in [1.165, 1.54) is 0 Å². The summed E-state index contributed by atoms with van der Waals surface area (Å²) in [5, 5.41) is 0.456. The molecule has 7 heteroatoms. The fourth-order valence-corrected chi connectivity index (χ4v) is 4.46. The molecule has 0 aliphatic carbocycles. The van der Waals surface area contributed by atoms with Gasteiger partial charge in [0.1, 0.15) is 5.58 Å². The summed E-state index contributed by atoms with van der Waals surface area (Å²) in [4.78, 5) is 33.1. The van der Waals surface area contributed by atoms with Crippen LogP contribution in [0.1, 0.15) is 45.8 Å². The van der Waals surface area contributed by atoms with Gasteiger partial charge in [-0.2, -0.15) is 0 Å². The molecule has 0 saturated heterocycles. The number of aryl methyl sites for hydroxylation is 1. The molecule has 0 bridgehead atoms. The maximum absolute atomic E-state index is 13.7. The summed E-state index contributed by atoms with van der Waals surface area (Å²) in [6.45, 7) is 4.57. The van der Waals surface area contributed by atoms with Gasteiger partial charge in [-0.1, -0.05) is 23.8 Å². The van der Waals surface area contributed by atoms with Gasteiger partial charge in [-0.05, 0) is 55.3 Å². The molecule has 4 aromatic rings. The van der Waals surface area contributed by atoms with E-state index in [1.54, 1.807) is 42.6 Å². The van der Waals surface area contributed by atoms with Gasteiger partial charge in [0.2, 0.25) is 5.76 Å². The average molecular weight is 456 g/mol. The lowest BCUT2D eigenvalue weighted by atomic mass is 9.97. The molecule has 0 fully saturated rings. The Bertz CT molecular complexity index is 1450. The number of fused-ring (bicyclic) bond motifs is 2. The van der Waals surface area contributed by atoms with Gasteiger partial charge in [-0.25, -0.2) is 0 Å². The molecule has 34 heavy (non-hydrogen) atoms. The highest BCUT2D eigenvalue weighted by molar-refractivity contribution is 5.99. The molecule has 2 aromatic carbocycles. The number of carbonyl (C=O) groups excluding carboxylic acids is 1. The van der Waals surface area contributed by atoms with Crippen LogP contribution in [0.15, 0.2) is 70.1 Å². The molecule has 3 heterocycles. The maximum Gasteiger partial charge on any atom is 0.291 e. The van der Waals surface area contributed by atoms with Crippen molar-refractivity contribution in [2.75, 3.05) is 13.7 Å². The molecule has 5 rings (SSSR count). The van der Waals surface area contributed by atoms with E-state index in [0.29, 0.717) is 34.6 Å². The molecule has 7 nitrogen and oxygen atoms in total. The van der Waals surface area contributed by atoms with Gasteiger partial charge in [-0.3, -0.25) is 14.6 Å². The SMILES string of the molecule is CCOc1ccc([C@@H]2c3c(oc4ccc(C)cc4c3=O)C(=O)N2Cc2cccnc2)cc1OC. The van der Waals surface area contributed by atoms with Gasteiger partial charge >= 0.3 is 0 Å². The Morgan fingerprint density at radius 3 is 2.68 bits per heavy atom. The lowest BCUT2D eigenvalue weighted by Crippen LogP contribution is -2.29. The monoisotopic (exact) mass is 456 g/mol. The molecule has 2 aromatic heterocycles. The first kappa shape index (κ1) is 21.7. The molecule has 0 saturated carbocycles. The third-order valence-corrected chi connectivity index (χ3v) is 6.00. The van der Waals surface area contributed by atoms with Crippen molar-refractivity contribution in [2.24, 2.45) is 0 Å². The van der Waals surface area contributed by atoms with Crippen molar-refractivity contribution in [3.8, 4) is 11.5 Å². The number of benzene rings is 2. The van der Waals surface area contributed by atoms with Crippen LogP contribution in [0.2, 0.25) is 0 Å². The van der Waals surface area contributed by atoms with Crippen LogP contribution < -0.4 is 14.9 Å². The number of pyridine rings is 1. The van der Waals surface area contributed by atoms with Gasteiger partial charge in [0.05, 0.1) is 30.7 Å². The standard InChI is InChI=1S/C27H24N2O5/c1-4-33-21-10-8-18(13-22(21)32-3)24-23-25(30)19-12-16(2)7-9-20(19)34-26(23)27(31)29(24)15-17-6-5-11-28-14-17/h5-14,24H,4,15H2,1-3H3/t24-/m1/s1. The first-order valence-electron chi connectivity index (χ1n) is 11.1. The predicted molar refractivity (Wildman–Crippen MR) is 127 cm³/mol. The Morgan fingerprint density at radius 2 is 1.94 bits per heavy atom. The molecule has 0 N–H and O–H groups in total. The summed E-state index contributed by atoms with van der Waals surface area (Å²) in [5.41, 5.74) is 3.04. The highest BCUT2D eigenvalue weighted by Crippen LogP contribution is 2.41. The van der Waals surface area contributed by atoms with Crippen LogP contribution >= 0.6 is 0 Å². The van der Waals surface area contributed by atoms with Crippen LogP contribution in [0.4, 0.5) is 0 Å². The van der Waals surface area contributed by atoms with Crippen molar-refractivity contribution < 1.29 is 18.7 Å². The molecular weight excluding hydrogens is 432 g/mol. The van der Waals surface area contributed by atoms with Crippen molar-refractivity contribution in [1.29, 1.82) is 0 Å². The van der Waals surface area contributed by atoms with Crippen molar-refractivity contribution in [3.05, 3.63) is 99.2 Å². The first-order chi connectivity index (χ1) is 16.5. The first-order valence-corrected chi connectivity index (χ1v) is 11.1. The van der Waals surface area contributed by atoms with Crippen LogP contribution in [0.5, 0.6) is 11.5 Å². The normalized spacial score (nSPS) is 15.0. The van der Waals surface area contributed by atoms with Crippen molar-refractivity contribution in [1.82, 2.24) is 9.88 Å². The largest absolute Gasteiger partial charge is 0.493 e. The summed E-state index contributed by atoms with van der Waals surface area (Å²) in [6, 6.07) is 13.9. The van der Waals surface area contributed by atoms with Crippen LogP contribution in [0.25, 0.3) is 11.0 Å². The molecule has 0 radical (unpaired) electrons. The Hall–Kier alpha value is -4.13. The van der Waals surface area contributed by atoms with Crippen LogP contribution in [-0.4, -0.2) is 29.5 Å². The minimum atomic E-state index is -0.645. The van der Waals surface area contributed by atoms with Gasteiger partial charge < -0.3 is 18.8 Å². The third-order valence-electron chi connectivity index (χ3n) is 6.00. The molecule has 1 aliphatic heterocycles. The number of amides is 1. The van der Waals surface area contributed by atoms with Gasteiger partial charge in [0.25, 0.3) is 5.91 Å². The summed E-state index contributed by atoms with van der Waals surface area (Å²) in [5.74, 6) is 0.861. The molecule has 0 spiro atoms. The fraction of sp³-hybridized carbons (Fsp3) is 0.222. The quantitative estimate of drug-likeness (QED) is 0.420. The second-order valence-electron chi connectivity index (χ2n) is 8.21. The van der Waals surface area contributed by atoms with Crippen LogP contribution in [0.3, 0.4) is 0 Å². The molecule has 1 amide bonds. The number of methoxy groups -OCH3 is 1. The second kappa shape index (κ2) is 8.67. The number of rotatable bonds is 6. The van der Waals surface area contributed by atoms with Crippen molar-refractivity contribution >= 4 is 16.9 Å². The lowest BCUT2D eigenvalue weighted by molar-refractivity contribution is 0.0714. The summed E-state index contributed by atoms with van der Waals surface area (Å²) in [7, 11) is 1.56.